The molecule has 354 valence electrons. The van der Waals surface area contributed by atoms with Gasteiger partial charge in [-0.2, -0.15) is 0 Å². The van der Waals surface area contributed by atoms with Gasteiger partial charge in [0, 0.05) is 47.2 Å². The van der Waals surface area contributed by atoms with Gasteiger partial charge >= 0.3 is 0 Å². The number of nitrogens with one attached hydrogen (secondary N) is 7. The number of nitrogen functional groups attached to an aromatic ring is 1. The number of carbonyl (C=O) groups is 10. The van der Waals surface area contributed by atoms with Gasteiger partial charge in [0.15, 0.2) is 5.78 Å². The van der Waals surface area contributed by atoms with Gasteiger partial charge in [0.2, 0.25) is 53.2 Å². The number of amides is 9. The van der Waals surface area contributed by atoms with E-state index in [2.05, 4.69) is 74.0 Å². The summed E-state index contributed by atoms with van der Waals surface area (Å²) >= 11 is 8.10. The molecule has 0 bridgehead atoms. The number of benzene rings is 1. The van der Waals surface area contributed by atoms with Crippen molar-refractivity contribution in [1.82, 2.24) is 47.0 Å². The normalized spacial score (nSPS) is 18.1. The Hall–Kier alpha value is -4.65. The third-order valence-electron chi connectivity index (χ3n) is 10.4. The third-order valence-corrected chi connectivity index (χ3v) is 12.8. The highest BCUT2D eigenvalue weighted by atomic mass is 79.9. The second-order valence-electron chi connectivity index (χ2n) is 15.5. The zero-order valence-electron chi connectivity index (χ0n) is 36.0. The molecule has 64 heavy (non-hydrogen) atoms. The molecule has 3 atom stereocenters. The Kier molecular flexibility index (Phi) is 22.6. The molecule has 2 fully saturated rings. The average molecular weight is 1050 g/mol. The predicted octanol–water partition coefficient (Wildman–Crippen LogP) is -1.28. The molecule has 9 amide bonds. The SMILES string of the molecule is CC(=O)NC(CSC1CC(=O)N(CCCCN(Cc2cc(Br)cc(Br)c2N)[C@H]2CC[C@H](O)CC2)C1=O)C(=O)NCC(=O)NCC(=O)NCC(=O)NCC(=O)NCC(=O)NC(C)C(C)=O. The van der Waals surface area contributed by atoms with Gasteiger partial charge in [-0.1, -0.05) is 15.9 Å². The molecule has 0 spiro atoms. The van der Waals surface area contributed by atoms with E-state index in [9.17, 15) is 53.1 Å². The van der Waals surface area contributed by atoms with Gasteiger partial charge in [0.25, 0.3) is 0 Å². The molecule has 1 saturated carbocycles. The van der Waals surface area contributed by atoms with Crippen molar-refractivity contribution >= 4 is 108 Å². The summed E-state index contributed by atoms with van der Waals surface area (Å²) in [4.78, 5) is 126. The first-order valence-corrected chi connectivity index (χ1v) is 23.4. The van der Waals surface area contributed by atoms with Crippen molar-refractivity contribution in [2.24, 2.45) is 0 Å². The molecular formula is C40H58Br2N10O11S. The van der Waals surface area contributed by atoms with Gasteiger partial charge in [0.05, 0.1) is 55.8 Å². The number of unbranched alkanes of at least 4 members (excludes halogenated alkanes) is 1. The number of likely N-dealkylation sites (tertiary alicyclic amines) is 1. The lowest BCUT2D eigenvalue weighted by Crippen LogP contribution is -2.51. The molecule has 1 heterocycles. The van der Waals surface area contributed by atoms with E-state index >= 15 is 0 Å². The molecule has 3 rings (SSSR count). The Morgan fingerprint density at radius 1 is 0.812 bits per heavy atom. The number of nitrogens with two attached hydrogens (primary N) is 1. The topological polar surface area (TPSA) is 308 Å². The fraction of sp³-hybridized carbons (Fsp3) is 0.600. The second kappa shape index (κ2) is 27.0. The van der Waals surface area contributed by atoms with Crippen LogP contribution in [0.15, 0.2) is 21.1 Å². The Labute approximate surface area is 392 Å². The largest absolute Gasteiger partial charge is 0.398 e. The van der Waals surface area contributed by atoms with Gasteiger partial charge in [0.1, 0.15) is 6.04 Å². The maximum absolute atomic E-state index is 13.3. The molecule has 1 aromatic rings. The molecule has 10 N–H and O–H groups in total. The second-order valence-corrected chi connectivity index (χ2v) is 18.5. The van der Waals surface area contributed by atoms with E-state index < -0.39 is 91.4 Å². The Morgan fingerprint density at radius 3 is 1.91 bits per heavy atom. The summed E-state index contributed by atoms with van der Waals surface area (Å²) in [5, 5.41) is 25.6. The fourth-order valence-electron chi connectivity index (χ4n) is 6.70. The molecule has 1 aliphatic heterocycles. The van der Waals surface area contributed by atoms with Crippen LogP contribution in [0.3, 0.4) is 0 Å². The minimum Gasteiger partial charge on any atom is -0.398 e. The van der Waals surface area contributed by atoms with Crippen LogP contribution < -0.4 is 43.0 Å². The minimum absolute atomic E-state index is 0.0729. The number of hydrogen-bond donors (Lipinski definition) is 9. The smallest absolute Gasteiger partial charge is 0.243 e. The van der Waals surface area contributed by atoms with Crippen LogP contribution in [0.2, 0.25) is 0 Å². The first-order chi connectivity index (χ1) is 30.2. The highest BCUT2D eigenvalue weighted by Gasteiger charge is 2.39. The Morgan fingerprint density at radius 2 is 1.36 bits per heavy atom. The number of aliphatic hydroxyl groups excluding tert-OH is 1. The van der Waals surface area contributed by atoms with Gasteiger partial charge in [-0.3, -0.25) is 57.7 Å². The van der Waals surface area contributed by atoms with Gasteiger partial charge in [-0.05, 0) is 92.5 Å². The average Bonchev–Trinajstić information content (AvgIpc) is 3.51. The summed E-state index contributed by atoms with van der Waals surface area (Å²) in [6.07, 6.45) is 3.98. The van der Waals surface area contributed by atoms with Crippen molar-refractivity contribution < 1.29 is 53.1 Å². The molecule has 21 nitrogen and oxygen atoms in total. The van der Waals surface area contributed by atoms with Crippen LogP contribution in [0.4, 0.5) is 5.69 Å². The highest BCUT2D eigenvalue weighted by molar-refractivity contribution is 9.11. The van der Waals surface area contributed by atoms with Crippen LogP contribution in [-0.2, 0) is 54.5 Å². The number of halogens is 2. The number of hydrogen-bond acceptors (Lipinski definition) is 14. The number of ketones is 1. The van der Waals surface area contributed by atoms with Crippen molar-refractivity contribution in [3.63, 3.8) is 0 Å². The standard InChI is InChI=1S/C40H58Br2N10O11S/c1-22(23(2)53)49-36(60)19-47-34(58)17-45-32(56)15-44-33(57)16-46-35(59)18-48-39(62)30(50-24(3)54)21-64-31-14-37(61)52(40(31)63)11-5-4-10-51(27-6-8-28(55)9-7-27)20-25-12-26(41)13-29(42)38(25)43/h12-13,22,27-28,30-31,55H,4-11,14-21,43H2,1-3H3,(H,44,57)(H,45,56)(H,46,59)(H,47,58)(H,48,62)(H,49,60)(H,50,54)/t22?,27-,28-,30?,31?. The van der Waals surface area contributed by atoms with Crippen LogP contribution in [-0.4, -0.2) is 155 Å². The molecule has 1 aromatic carbocycles. The monoisotopic (exact) mass is 1040 g/mol. The van der Waals surface area contributed by atoms with E-state index in [0.717, 1.165) is 39.1 Å². The van der Waals surface area contributed by atoms with E-state index in [0.29, 0.717) is 44.5 Å². The number of nitrogens with zero attached hydrogens (tertiary/aromatic N) is 2. The van der Waals surface area contributed by atoms with E-state index in [1.54, 1.807) is 0 Å². The van der Waals surface area contributed by atoms with Crippen molar-refractivity contribution in [2.75, 3.05) is 57.3 Å². The van der Waals surface area contributed by atoms with E-state index in [1.807, 2.05) is 12.1 Å². The van der Waals surface area contributed by atoms with E-state index in [-0.39, 0.29) is 48.5 Å². The minimum atomic E-state index is -1.16. The zero-order valence-corrected chi connectivity index (χ0v) is 40.0. The lowest BCUT2D eigenvalue weighted by atomic mass is 9.91. The quantitative estimate of drug-likeness (QED) is 0.0313. The summed E-state index contributed by atoms with van der Waals surface area (Å²) in [6, 6.07) is 2.24. The summed E-state index contributed by atoms with van der Waals surface area (Å²) in [6.45, 7) is 2.92. The van der Waals surface area contributed by atoms with Crippen LogP contribution in [0, 0.1) is 0 Å². The zero-order chi connectivity index (χ0) is 47.5. The number of anilines is 1. The number of thioether (sulfide) groups is 1. The molecule has 0 aromatic heterocycles. The molecular weight excluding hydrogens is 988 g/mol. The number of Topliss-reactive ketones (excluding diaryl/α,β-unsaturated/α-hetero) is 1. The van der Waals surface area contributed by atoms with Gasteiger partial charge in [-0.25, -0.2) is 0 Å². The van der Waals surface area contributed by atoms with E-state index in [4.69, 9.17) is 5.73 Å². The van der Waals surface area contributed by atoms with Gasteiger partial charge < -0.3 is 48.1 Å². The van der Waals surface area contributed by atoms with Crippen LogP contribution in [0.5, 0.6) is 0 Å². The molecule has 24 heteroatoms. The maximum Gasteiger partial charge on any atom is 0.243 e. The van der Waals surface area contributed by atoms with Crippen LogP contribution in [0.25, 0.3) is 0 Å². The van der Waals surface area contributed by atoms with E-state index in [1.165, 1.54) is 25.7 Å². The van der Waals surface area contributed by atoms with Crippen molar-refractivity contribution in [3.8, 4) is 0 Å². The summed E-state index contributed by atoms with van der Waals surface area (Å²) in [5.74, 6) is -5.90. The predicted molar refractivity (Wildman–Crippen MR) is 243 cm³/mol. The molecule has 1 saturated heterocycles. The lowest BCUT2D eigenvalue weighted by Gasteiger charge is -2.36. The Bertz CT molecular complexity index is 1900. The first kappa shape index (κ1) is 53.7. The highest BCUT2D eigenvalue weighted by Crippen LogP contribution is 2.32. The molecule has 3 unspecified atom stereocenters. The lowest BCUT2D eigenvalue weighted by molar-refractivity contribution is -0.138. The Balaban J connectivity index is 1.38. The number of rotatable bonds is 25. The van der Waals surface area contributed by atoms with Crippen molar-refractivity contribution in [2.45, 2.75) is 102 Å². The summed E-state index contributed by atoms with van der Waals surface area (Å²) < 4.78 is 1.68. The first-order valence-electron chi connectivity index (χ1n) is 20.8. The molecule has 1 aliphatic carbocycles. The third kappa shape index (κ3) is 18.8. The number of aliphatic hydroxyl groups is 1. The van der Waals surface area contributed by atoms with Crippen LogP contribution >= 0.6 is 43.6 Å². The maximum atomic E-state index is 13.3. The fourth-order valence-corrected chi connectivity index (χ4v) is 9.20. The summed E-state index contributed by atoms with van der Waals surface area (Å²) in [7, 11) is 0. The van der Waals surface area contributed by atoms with Crippen LogP contribution in [0.1, 0.15) is 71.3 Å². The summed E-state index contributed by atoms with van der Waals surface area (Å²) in [5.41, 5.74) is 8.00. The molecule has 0 radical (unpaired) electrons. The van der Waals surface area contributed by atoms with Crippen molar-refractivity contribution in [3.05, 3.63) is 26.6 Å². The van der Waals surface area contributed by atoms with Crippen molar-refractivity contribution in [1.29, 1.82) is 0 Å². The number of carbonyl (C=O) groups excluding carboxylic acids is 10. The molecule has 2 aliphatic rings. The van der Waals surface area contributed by atoms with Gasteiger partial charge in [-0.15, -0.1) is 11.8 Å². The number of imide groups is 1.